The molecule has 224 valence electrons. The van der Waals surface area contributed by atoms with Crippen molar-refractivity contribution in [1.82, 2.24) is 0 Å². The molecule has 2 aromatic rings. The van der Waals surface area contributed by atoms with Crippen molar-refractivity contribution >= 4 is 0 Å². The standard InChI is InChI=1S/C35H54O5/c1-4-5-6-7-8-9-10-11-12-13-20-25-31(36)33(38-27-30-23-18-15-19-24-30)34-32(39-35(2,3)40-34)28-37-26-29-21-16-14-17-22-29/h14-19,21-24,31-34,36H,4-13,20,25-28H2,1-3H3/t31?,32-,33-,34+/m1/s1. The largest absolute Gasteiger partial charge is 0.390 e. The van der Waals surface area contributed by atoms with Crippen LogP contribution in [0.4, 0.5) is 0 Å². The lowest BCUT2D eigenvalue weighted by Gasteiger charge is -2.31. The lowest BCUT2D eigenvalue weighted by atomic mass is 9.97. The van der Waals surface area contributed by atoms with Crippen LogP contribution in [0.25, 0.3) is 0 Å². The molecular weight excluding hydrogens is 500 g/mol. The van der Waals surface area contributed by atoms with Crippen LogP contribution in [0.3, 0.4) is 0 Å². The van der Waals surface area contributed by atoms with Crippen LogP contribution in [-0.4, -0.2) is 41.9 Å². The molecule has 2 aromatic carbocycles. The summed E-state index contributed by atoms with van der Waals surface area (Å²) in [5.74, 6) is -0.768. The van der Waals surface area contributed by atoms with Crippen molar-refractivity contribution in [2.45, 2.75) is 141 Å². The molecular formula is C35H54O5. The summed E-state index contributed by atoms with van der Waals surface area (Å²) in [5.41, 5.74) is 2.19. The quantitative estimate of drug-likeness (QED) is 0.157. The van der Waals surface area contributed by atoms with E-state index < -0.39 is 24.1 Å². The van der Waals surface area contributed by atoms with E-state index >= 15 is 0 Å². The Morgan fingerprint density at radius 2 is 1.25 bits per heavy atom. The first-order valence-electron chi connectivity index (χ1n) is 15.8. The van der Waals surface area contributed by atoms with Crippen molar-refractivity contribution in [1.29, 1.82) is 0 Å². The summed E-state index contributed by atoms with van der Waals surface area (Å²) in [6.07, 6.45) is 12.9. The van der Waals surface area contributed by atoms with Crippen molar-refractivity contribution < 1.29 is 24.1 Å². The van der Waals surface area contributed by atoms with Crippen LogP contribution in [0, 0.1) is 0 Å². The van der Waals surface area contributed by atoms with Crippen LogP contribution in [0.15, 0.2) is 60.7 Å². The van der Waals surface area contributed by atoms with Crippen LogP contribution in [0.1, 0.15) is 109 Å². The first-order chi connectivity index (χ1) is 19.5. The van der Waals surface area contributed by atoms with Crippen molar-refractivity contribution in [3.63, 3.8) is 0 Å². The molecule has 0 aliphatic carbocycles. The molecule has 0 radical (unpaired) electrons. The van der Waals surface area contributed by atoms with Gasteiger partial charge in [-0.25, -0.2) is 0 Å². The minimum absolute atomic E-state index is 0.327. The van der Waals surface area contributed by atoms with Gasteiger partial charge >= 0.3 is 0 Å². The van der Waals surface area contributed by atoms with Gasteiger partial charge in [-0.1, -0.05) is 138 Å². The molecule has 0 bridgehead atoms. The first-order valence-corrected chi connectivity index (χ1v) is 15.8. The van der Waals surface area contributed by atoms with Gasteiger partial charge in [0.1, 0.15) is 18.3 Å². The molecule has 0 spiro atoms. The number of aliphatic hydroxyl groups excluding tert-OH is 1. The van der Waals surface area contributed by atoms with E-state index in [1.165, 1.54) is 57.8 Å². The minimum atomic E-state index is -0.768. The SMILES string of the molecule is CCCCCCCCCCCCCC(O)[C@@H](OCc1ccccc1)[C@H]1OC(C)(C)O[C@@H]1COCc1ccccc1. The van der Waals surface area contributed by atoms with Crippen LogP contribution in [0.2, 0.25) is 0 Å². The third-order valence-corrected chi connectivity index (χ3v) is 7.71. The number of ether oxygens (including phenoxy) is 4. The zero-order valence-electron chi connectivity index (χ0n) is 25.3. The average molecular weight is 555 g/mol. The molecule has 1 heterocycles. The van der Waals surface area contributed by atoms with E-state index in [9.17, 15) is 5.11 Å². The van der Waals surface area contributed by atoms with E-state index in [1.54, 1.807) is 0 Å². The molecule has 0 aromatic heterocycles. The Kier molecular flexibility index (Phi) is 15.3. The smallest absolute Gasteiger partial charge is 0.164 e. The van der Waals surface area contributed by atoms with Gasteiger partial charge in [-0.15, -0.1) is 0 Å². The maximum absolute atomic E-state index is 11.4. The van der Waals surface area contributed by atoms with Gasteiger partial charge in [-0.2, -0.15) is 0 Å². The lowest BCUT2D eigenvalue weighted by Crippen LogP contribution is -2.46. The van der Waals surface area contributed by atoms with Gasteiger partial charge in [-0.3, -0.25) is 0 Å². The zero-order chi connectivity index (χ0) is 28.5. The second kappa shape index (κ2) is 18.6. The molecule has 1 aliphatic rings. The summed E-state index contributed by atoms with van der Waals surface area (Å²) in [6.45, 7) is 7.40. The maximum atomic E-state index is 11.4. The predicted octanol–water partition coefficient (Wildman–Crippen LogP) is 8.37. The Morgan fingerprint density at radius 1 is 0.725 bits per heavy atom. The Hall–Kier alpha value is -1.76. The Morgan fingerprint density at radius 3 is 1.82 bits per heavy atom. The molecule has 1 saturated heterocycles. The Labute approximate surface area is 243 Å². The highest BCUT2D eigenvalue weighted by Crippen LogP contribution is 2.33. The number of aliphatic hydroxyl groups is 1. The van der Waals surface area contributed by atoms with Crippen LogP contribution < -0.4 is 0 Å². The summed E-state index contributed by atoms with van der Waals surface area (Å²) >= 11 is 0. The molecule has 1 fully saturated rings. The van der Waals surface area contributed by atoms with Gasteiger partial charge in [0.25, 0.3) is 0 Å². The molecule has 0 amide bonds. The summed E-state index contributed by atoms with van der Waals surface area (Å²) in [4.78, 5) is 0. The Balaban J connectivity index is 1.50. The normalized spacial score (nSPS) is 20.0. The summed E-state index contributed by atoms with van der Waals surface area (Å²) in [6, 6.07) is 20.2. The molecule has 4 atom stereocenters. The zero-order valence-corrected chi connectivity index (χ0v) is 25.3. The van der Waals surface area contributed by atoms with Gasteiger partial charge in [0.05, 0.1) is 25.9 Å². The topological polar surface area (TPSA) is 57.2 Å². The predicted molar refractivity (Wildman–Crippen MR) is 162 cm³/mol. The molecule has 40 heavy (non-hydrogen) atoms. The highest BCUT2D eigenvalue weighted by Gasteiger charge is 2.47. The second-order valence-electron chi connectivity index (χ2n) is 11.8. The molecule has 0 saturated carbocycles. The minimum Gasteiger partial charge on any atom is -0.390 e. The maximum Gasteiger partial charge on any atom is 0.164 e. The van der Waals surface area contributed by atoms with E-state index in [0.29, 0.717) is 26.2 Å². The van der Waals surface area contributed by atoms with E-state index in [4.69, 9.17) is 18.9 Å². The van der Waals surface area contributed by atoms with Crippen LogP contribution >= 0.6 is 0 Å². The second-order valence-corrected chi connectivity index (χ2v) is 11.8. The van der Waals surface area contributed by atoms with E-state index in [1.807, 2.05) is 62.4 Å². The Bertz CT molecular complexity index is 887. The van der Waals surface area contributed by atoms with Gasteiger partial charge in [0.2, 0.25) is 0 Å². The summed E-state index contributed by atoms with van der Waals surface area (Å²) in [7, 11) is 0. The van der Waals surface area contributed by atoms with Crippen molar-refractivity contribution in [2.75, 3.05) is 6.61 Å². The third kappa shape index (κ3) is 12.4. The van der Waals surface area contributed by atoms with Crippen molar-refractivity contribution in [3.05, 3.63) is 71.8 Å². The third-order valence-electron chi connectivity index (χ3n) is 7.71. The molecule has 1 N–H and O–H groups in total. The first kappa shape index (κ1) is 32.8. The molecule has 1 aliphatic heterocycles. The number of hydrogen-bond acceptors (Lipinski definition) is 5. The van der Waals surface area contributed by atoms with E-state index in [-0.39, 0.29) is 6.10 Å². The van der Waals surface area contributed by atoms with Crippen LogP contribution in [-0.2, 0) is 32.2 Å². The summed E-state index contributed by atoms with van der Waals surface area (Å²) < 4.78 is 25.1. The molecule has 5 nitrogen and oxygen atoms in total. The monoisotopic (exact) mass is 554 g/mol. The number of hydrogen-bond donors (Lipinski definition) is 1. The highest BCUT2D eigenvalue weighted by molar-refractivity contribution is 5.14. The van der Waals surface area contributed by atoms with Gasteiger partial charge in [0, 0.05) is 0 Å². The number of rotatable bonds is 21. The van der Waals surface area contributed by atoms with E-state index in [2.05, 4.69) is 19.1 Å². The molecule has 3 rings (SSSR count). The fraction of sp³-hybridized carbons (Fsp3) is 0.657. The van der Waals surface area contributed by atoms with Gasteiger partial charge < -0.3 is 24.1 Å². The summed E-state index contributed by atoms with van der Waals surface area (Å²) in [5, 5.41) is 11.4. The fourth-order valence-corrected chi connectivity index (χ4v) is 5.51. The fourth-order valence-electron chi connectivity index (χ4n) is 5.51. The van der Waals surface area contributed by atoms with Crippen LogP contribution in [0.5, 0.6) is 0 Å². The van der Waals surface area contributed by atoms with Gasteiger partial charge in [0.15, 0.2) is 5.79 Å². The average Bonchev–Trinajstić information content (AvgIpc) is 3.26. The van der Waals surface area contributed by atoms with E-state index in [0.717, 1.165) is 24.0 Å². The lowest BCUT2D eigenvalue weighted by molar-refractivity contribution is -0.173. The molecule has 1 unspecified atom stereocenters. The van der Waals surface area contributed by atoms with Crippen molar-refractivity contribution in [3.8, 4) is 0 Å². The number of unbranched alkanes of at least 4 members (excludes halogenated alkanes) is 10. The van der Waals surface area contributed by atoms with Crippen molar-refractivity contribution in [2.24, 2.45) is 0 Å². The van der Waals surface area contributed by atoms with Gasteiger partial charge in [-0.05, 0) is 31.4 Å². The molecule has 5 heteroatoms. The number of benzene rings is 2. The highest BCUT2D eigenvalue weighted by atomic mass is 16.8.